The first-order chi connectivity index (χ1) is 12.5. The van der Waals surface area contributed by atoms with Gasteiger partial charge < -0.3 is 15.3 Å². The summed E-state index contributed by atoms with van der Waals surface area (Å²) < 4.78 is 0. The van der Waals surface area contributed by atoms with E-state index >= 15 is 0 Å². The second-order valence-electron chi connectivity index (χ2n) is 6.06. The number of rotatable bonds is 9. The van der Waals surface area contributed by atoms with Gasteiger partial charge in [-0.15, -0.1) is 11.8 Å². The molecule has 2 aromatic rings. The maximum Gasteiger partial charge on any atom is 0.303 e. The van der Waals surface area contributed by atoms with Gasteiger partial charge in [-0.25, -0.2) is 0 Å². The van der Waals surface area contributed by atoms with Crippen LogP contribution in [0.25, 0.3) is 5.57 Å². The predicted octanol–water partition coefficient (Wildman–Crippen LogP) is 4.23. The molecule has 2 rings (SSSR count). The number of benzene rings is 2. The highest BCUT2D eigenvalue weighted by molar-refractivity contribution is 7.98. The summed E-state index contributed by atoms with van der Waals surface area (Å²) in [5.74, 6) is -0.0166. The van der Waals surface area contributed by atoms with Crippen LogP contribution in [0.3, 0.4) is 0 Å². The van der Waals surface area contributed by atoms with Crippen LogP contribution < -0.4 is 0 Å². The molecule has 0 atom stereocenters. The van der Waals surface area contributed by atoms with E-state index in [9.17, 15) is 15.0 Å². The third-order valence-corrected chi connectivity index (χ3v) is 5.18. The molecule has 5 heteroatoms. The number of thioether (sulfide) groups is 1. The highest BCUT2D eigenvalue weighted by Gasteiger charge is 2.05. The minimum absolute atomic E-state index is 0.0706. The van der Waals surface area contributed by atoms with E-state index in [-0.39, 0.29) is 19.6 Å². The van der Waals surface area contributed by atoms with Gasteiger partial charge in [-0.3, -0.25) is 4.79 Å². The number of aliphatic hydroxyl groups is 2. The Bertz CT molecular complexity index is 783. The van der Waals surface area contributed by atoms with Gasteiger partial charge in [0.05, 0.1) is 13.2 Å². The molecule has 2 aromatic carbocycles. The summed E-state index contributed by atoms with van der Waals surface area (Å²) in [6.07, 6.45) is 2.63. The average molecular weight is 372 g/mol. The Morgan fingerprint density at radius 3 is 2.54 bits per heavy atom. The zero-order valence-electron chi connectivity index (χ0n) is 14.8. The van der Waals surface area contributed by atoms with Gasteiger partial charge in [-0.05, 0) is 53.3 Å². The third kappa shape index (κ3) is 6.02. The van der Waals surface area contributed by atoms with Crippen LogP contribution in [-0.4, -0.2) is 21.3 Å². The van der Waals surface area contributed by atoms with Crippen molar-refractivity contribution in [3.8, 4) is 0 Å². The lowest BCUT2D eigenvalue weighted by Crippen LogP contribution is -1.95. The third-order valence-electron chi connectivity index (χ3n) is 4.11. The molecule has 0 aromatic heterocycles. The second kappa shape index (κ2) is 10.2. The number of carboxylic acids is 1. The molecule has 138 valence electrons. The maximum absolute atomic E-state index is 10.6. The van der Waals surface area contributed by atoms with E-state index in [1.54, 1.807) is 11.8 Å². The van der Waals surface area contributed by atoms with Gasteiger partial charge in [0.2, 0.25) is 0 Å². The molecule has 0 saturated heterocycles. The first kappa shape index (κ1) is 20.2. The lowest BCUT2D eigenvalue weighted by atomic mass is 10.1. The normalized spacial score (nSPS) is 11.6. The first-order valence-corrected chi connectivity index (χ1v) is 9.46. The minimum atomic E-state index is -0.784. The van der Waals surface area contributed by atoms with E-state index in [2.05, 4.69) is 6.07 Å². The van der Waals surface area contributed by atoms with Gasteiger partial charge >= 0.3 is 5.97 Å². The number of aliphatic carboxylic acids is 1. The van der Waals surface area contributed by atoms with E-state index in [0.717, 1.165) is 38.5 Å². The fourth-order valence-electron chi connectivity index (χ4n) is 2.60. The van der Waals surface area contributed by atoms with E-state index in [4.69, 9.17) is 5.11 Å². The molecule has 0 saturated carbocycles. The van der Waals surface area contributed by atoms with Crippen molar-refractivity contribution in [3.63, 3.8) is 0 Å². The summed E-state index contributed by atoms with van der Waals surface area (Å²) in [6.45, 7) is 1.84. The van der Waals surface area contributed by atoms with Gasteiger partial charge in [-0.1, -0.05) is 36.4 Å². The topological polar surface area (TPSA) is 77.8 Å². The van der Waals surface area contributed by atoms with Gasteiger partial charge in [-0.2, -0.15) is 0 Å². The molecule has 0 heterocycles. The van der Waals surface area contributed by atoms with Crippen molar-refractivity contribution in [2.75, 3.05) is 0 Å². The Hall–Kier alpha value is -2.08. The fraction of sp³-hybridized carbons (Fsp3) is 0.286. The van der Waals surface area contributed by atoms with Gasteiger partial charge in [0.25, 0.3) is 0 Å². The fourth-order valence-corrected chi connectivity index (χ4v) is 3.50. The van der Waals surface area contributed by atoms with Crippen LogP contribution in [0.2, 0.25) is 0 Å². The molecule has 0 bridgehead atoms. The zero-order chi connectivity index (χ0) is 18.9. The summed E-state index contributed by atoms with van der Waals surface area (Å²) in [5, 5.41) is 27.4. The number of allylic oxidation sites excluding steroid dienone is 2. The summed E-state index contributed by atoms with van der Waals surface area (Å²) in [5.41, 5.74) is 4.77. The molecule has 0 unspecified atom stereocenters. The Morgan fingerprint density at radius 1 is 1.08 bits per heavy atom. The van der Waals surface area contributed by atoms with Gasteiger partial charge in [0.1, 0.15) is 0 Å². The summed E-state index contributed by atoms with van der Waals surface area (Å²) in [7, 11) is 0. The predicted molar refractivity (Wildman–Crippen MR) is 105 cm³/mol. The number of carboxylic acid groups (broad SMARTS) is 1. The Balaban J connectivity index is 2.03. The van der Waals surface area contributed by atoms with Gasteiger partial charge in [0.15, 0.2) is 0 Å². The average Bonchev–Trinajstić information content (AvgIpc) is 2.65. The summed E-state index contributed by atoms with van der Waals surface area (Å²) >= 11 is 1.70. The first-order valence-electron chi connectivity index (χ1n) is 8.47. The summed E-state index contributed by atoms with van der Waals surface area (Å²) in [4.78, 5) is 11.7. The molecule has 0 fully saturated rings. The molecule has 3 N–H and O–H groups in total. The van der Waals surface area contributed by atoms with E-state index < -0.39 is 5.97 Å². The van der Waals surface area contributed by atoms with Crippen LogP contribution in [0.5, 0.6) is 0 Å². The molecule has 0 spiro atoms. The van der Waals surface area contributed by atoms with Crippen molar-refractivity contribution in [1.82, 2.24) is 0 Å². The summed E-state index contributed by atoms with van der Waals surface area (Å²) in [6, 6.07) is 13.9. The molecule has 0 aliphatic heterocycles. The quantitative estimate of drug-likeness (QED) is 0.574. The zero-order valence-corrected chi connectivity index (χ0v) is 15.6. The lowest BCUT2D eigenvalue weighted by molar-refractivity contribution is -0.136. The molecule has 0 amide bonds. The molecular formula is C21H24O4S. The SMILES string of the molecule is C/C(=C/CCC(=O)O)c1cccc(SCc2ccc(CO)c(CO)c2)c1. The lowest BCUT2D eigenvalue weighted by Gasteiger charge is -2.09. The van der Waals surface area contributed by atoms with Gasteiger partial charge in [0, 0.05) is 17.1 Å². The number of aliphatic hydroxyl groups excluding tert-OH is 2. The highest BCUT2D eigenvalue weighted by atomic mass is 32.2. The highest BCUT2D eigenvalue weighted by Crippen LogP contribution is 2.27. The van der Waals surface area contributed by atoms with Crippen molar-refractivity contribution >= 4 is 23.3 Å². The van der Waals surface area contributed by atoms with Crippen LogP contribution in [0.4, 0.5) is 0 Å². The maximum atomic E-state index is 10.6. The van der Waals surface area contributed by atoms with Crippen molar-refractivity contribution in [3.05, 3.63) is 70.8 Å². The number of hydrogen-bond donors (Lipinski definition) is 3. The van der Waals surface area contributed by atoms with Crippen LogP contribution in [0.1, 0.15) is 42.0 Å². The van der Waals surface area contributed by atoms with Crippen LogP contribution in [-0.2, 0) is 23.8 Å². The van der Waals surface area contributed by atoms with E-state index in [1.165, 1.54) is 0 Å². The molecule has 4 nitrogen and oxygen atoms in total. The molecule has 0 aliphatic carbocycles. The minimum Gasteiger partial charge on any atom is -0.481 e. The van der Waals surface area contributed by atoms with Crippen molar-refractivity contribution in [2.24, 2.45) is 0 Å². The largest absolute Gasteiger partial charge is 0.481 e. The standard InChI is InChI=1S/C21H24O4S/c1-15(4-2-7-21(24)25)17-5-3-6-20(11-17)26-14-16-8-9-18(12-22)19(10-16)13-23/h3-6,8-11,22-23H,2,7,12-14H2,1H3,(H,24,25)/b15-4-. The number of carbonyl (C=O) groups is 1. The smallest absolute Gasteiger partial charge is 0.303 e. The van der Waals surface area contributed by atoms with Crippen LogP contribution in [0, 0.1) is 0 Å². The Labute approximate surface area is 158 Å². The number of hydrogen-bond acceptors (Lipinski definition) is 4. The molecule has 0 radical (unpaired) electrons. The van der Waals surface area contributed by atoms with Crippen LogP contribution >= 0.6 is 11.8 Å². The molecular weight excluding hydrogens is 348 g/mol. The Kier molecular flexibility index (Phi) is 7.91. The second-order valence-corrected chi connectivity index (χ2v) is 7.10. The molecule has 0 aliphatic rings. The Morgan fingerprint density at radius 2 is 1.85 bits per heavy atom. The monoisotopic (exact) mass is 372 g/mol. The van der Waals surface area contributed by atoms with Crippen molar-refractivity contribution < 1.29 is 20.1 Å². The molecule has 26 heavy (non-hydrogen) atoms. The van der Waals surface area contributed by atoms with Crippen molar-refractivity contribution in [1.29, 1.82) is 0 Å². The van der Waals surface area contributed by atoms with E-state index in [0.29, 0.717) is 6.42 Å². The van der Waals surface area contributed by atoms with Crippen LogP contribution in [0.15, 0.2) is 53.4 Å². The van der Waals surface area contributed by atoms with E-state index in [1.807, 2.05) is 49.4 Å². The van der Waals surface area contributed by atoms with Crippen molar-refractivity contribution in [2.45, 2.75) is 43.6 Å².